The van der Waals surface area contributed by atoms with Crippen LogP contribution in [0.1, 0.15) is 48.2 Å². The molecule has 0 saturated carbocycles. The van der Waals surface area contributed by atoms with E-state index in [0.717, 1.165) is 16.7 Å². The standard InChI is InChI=1S/C28H25BrClFO4/c1-16(2)21-14-22(18-9-6-10-20(30)11-18)26(17-7-4-3-5-8-17)35-27(21)23-12-19(29)13-24(31)28(23)34-15-25(32)33/h3-13,21-22,26-27H,1,14-15H2,2H3,(H,32,33)/t21-,22-,26+,27+/m1/s1. The highest BCUT2D eigenvalue weighted by atomic mass is 79.9. The molecule has 4 rings (SSSR count). The summed E-state index contributed by atoms with van der Waals surface area (Å²) in [6.07, 6.45) is -0.291. The first-order chi connectivity index (χ1) is 16.7. The number of carboxylic acid groups (broad SMARTS) is 1. The van der Waals surface area contributed by atoms with Crippen molar-refractivity contribution < 1.29 is 23.8 Å². The average Bonchev–Trinajstić information content (AvgIpc) is 2.82. The molecule has 35 heavy (non-hydrogen) atoms. The predicted molar refractivity (Wildman–Crippen MR) is 137 cm³/mol. The zero-order valence-electron chi connectivity index (χ0n) is 19.1. The van der Waals surface area contributed by atoms with E-state index in [9.17, 15) is 4.79 Å². The van der Waals surface area contributed by atoms with Crippen molar-refractivity contribution in [3.63, 3.8) is 0 Å². The molecule has 0 radical (unpaired) electrons. The van der Waals surface area contributed by atoms with Gasteiger partial charge < -0.3 is 14.6 Å². The third-order valence-electron chi connectivity index (χ3n) is 6.25. The molecule has 4 nitrogen and oxygen atoms in total. The van der Waals surface area contributed by atoms with Gasteiger partial charge in [-0.1, -0.05) is 82.1 Å². The van der Waals surface area contributed by atoms with Crippen LogP contribution in [0.3, 0.4) is 0 Å². The van der Waals surface area contributed by atoms with E-state index in [-0.39, 0.29) is 23.7 Å². The van der Waals surface area contributed by atoms with Crippen LogP contribution in [0.25, 0.3) is 0 Å². The van der Waals surface area contributed by atoms with E-state index in [1.807, 2.05) is 61.5 Å². The molecule has 1 fully saturated rings. The zero-order valence-corrected chi connectivity index (χ0v) is 21.4. The third kappa shape index (κ3) is 5.77. The molecule has 1 saturated heterocycles. The Bertz CT molecular complexity index is 1230. The second-order valence-corrected chi connectivity index (χ2v) is 10.1. The minimum atomic E-state index is -1.19. The minimum absolute atomic E-state index is 0.0329. The number of aliphatic carboxylic acids is 1. The number of rotatable bonds is 7. The lowest BCUT2D eigenvalue weighted by Crippen LogP contribution is -2.32. The Morgan fingerprint density at radius 1 is 1.14 bits per heavy atom. The second-order valence-electron chi connectivity index (χ2n) is 8.73. The lowest BCUT2D eigenvalue weighted by molar-refractivity contribution is -0.139. The van der Waals surface area contributed by atoms with Gasteiger partial charge in [-0.25, -0.2) is 9.18 Å². The summed E-state index contributed by atoms with van der Waals surface area (Å²) in [5, 5.41) is 9.76. The van der Waals surface area contributed by atoms with E-state index in [4.69, 9.17) is 26.2 Å². The van der Waals surface area contributed by atoms with Crippen molar-refractivity contribution in [1.82, 2.24) is 0 Å². The molecule has 0 aliphatic carbocycles. The van der Waals surface area contributed by atoms with E-state index in [1.54, 1.807) is 6.07 Å². The second kappa shape index (κ2) is 10.9. The van der Waals surface area contributed by atoms with Gasteiger partial charge in [0.2, 0.25) is 0 Å². The summed E-state index contributed by atoms with van der Waals surface area (Å²) in [6, 6.07) is 20.6. The molecule has 1 aliphatic rings. The quantitative estimate of drug-likeness (QED) is 0.299. The van der Waals surface area contributed by atoms with E-state index < -0.39 is 24.5 Å². The molecule has 4 atom stereocenters. The van der Waals surface area contributed by atoms with Crippen LogP contribution in [0, 0.1) is 11.7 Å². The van der Waals surface area contributed by atoms with Crippen molar-refractivity contribution in [2.24, 2.45) is 5.92 Å². The van der Waals surface area contributed by atoms with Gasteiger partial charge >= 0.3 is 5.97 Å². The maximum absolute atomic E-state index is 15.0. The van der Waals surface area contributed by atoms with Crippen molar-refractivity contribution in [3.8, 4) is 5.75 Å². The molecule has 3 aromatic carbocycles. The van der Waals surface area contributed by atoms with Crippen LogP contribution < -0.4 is 4.74 Å². The highest BCUT2D eigenvalue weighted by Crippen LogP contribution is 2.53. The van der Waals surface area contributed by atoms with Gasteiger partial charge in [0.15, 0.2) is 18.2 Å². The summed E-state index contributed by atoms with van der Waals surface area (Å²) >= 11 is 9.69. The first-order valence-corrected chi connectivity index (χ1v) is 12.4. The van der Waals surface area contributed by atoms with Gasteiger partial charge in [0, 0.05) is 26.9 Å². The Balaban J connectivity index is 1.83. The topological polar surface area (TPSA) is 55.8 Å². The number of carboxylic acids is 1. The number of hydrogen-bond donors (Lipinski definition) is 1. The highest BCUT2D eigenvalue weighted by molar-refractivity contribution is 9.10. The molecule has 182 valence electrons. The fourth-order valence-electron chi connectivity index (χ4n) is 4.70. The van der Waals surface area contributed by atoms with Crippen LogP contribution in [0.2, 0.25) is 5.02 Å². The number of benzene rings is 3. The van der Waals surface area contributed by atoms with Crippen LogP contribution >= 0.6 is 27.5 Å². The largest absolute Gasteiger partial charge is 0.479 e. The Labute approximate surface area is 217 Å². The Hall–Kier alpha value is -2.67. The molecule has 1 aliphatic heterocycles. The molecule has 0 unspecified atom stereocenters. The molecule has 1 heterocycles. The minimum Gasteiger partial charge on any atom is -0.479 e. The van der Waals surface area contributed by atoms with Crippen LogP contribution in [0.5, 0.6) is 5.75 Å². The highest BCUT2D eigenvalue weighted by Gasteiger charge is 2.42. The maximum Gasteiger partial charge on any atom is 0.341 e. The molecule has 0 spiro atoms. The normalized spacial score (nSPS) is 21.9. The van der Waals surface area contributed by atoms with Gasteiger partial charge in [0.05, 0.1) is 12.2 Å². The van der Waals surface area contributed by atoms with Gasteiger partial charge in [-0.2, -0.15) is 0 Å². The lowest BCUT2D eigenvalue weighted by atomic mass is 9.74. The monoisotopic (exact) mass is 558 g/mol. The maximum atomic E-state index is 15.0. The molecule has 3 aromatic rings. The van der Waals surface area contributed by atoms with E-state index in [1.165, 1.54) is 6.07 Å². The van der Waals surface area contributed by atoms with Gasteiger partial charge in [-0.15, -0.1) is 0 Å². The Morgan fingerprint density at radius 2 is 1.86 bits per heavy atom. The summed E-state index contributed by atoms with van der Waals surface area (Å²) < 4.78 is 27.7. The fraction of sp³-hybridized carbons (Fsp3) is 0.250. The Morgan fingerprint density at radius 3 is 2.51 bits per heavy atom. The van der Waals surface area contributed by atoms with E-state index in [2.05, 4.69) is 22.5 Å². The van der Waals surface area contributed by atoms with Gasteiger partial charge in [0.25, 0.3) is 0 Å². The van der Waals surface area contributed by atoms with Crippen LogP contribution in [0.15, 0.2) is 83.4 Å². The third-order valence-corrected chi connectivity index (χ3v) is 6.95. The lowest BCUT2D eigenvalue weighted by Gasteiger charge is -2.43. The molecule has 1 N–H and O–H groups in total. The molecule has 7 heteroatoms. The molecule has 0 aromatic heterocycles. The van der Waals surface area contributed by atoms with Crippen molar-refractivity contribution in [2.75, 3.05) is 6.61 Å². The summed E-state index contributed by atoms with van der Waals surface area (Å²) in [4.78, 5) is 11.2. The number of carbonyl (C=O) groups is 1. The Kier molecular flexibility index (Phi) is 7.95. The number of hydrogen-bond acceptors (Lipinski definition) is 3. The van der Waals surface area contributed by atoms with Crippen LogP contribution in [-0.2, 0) is 9.53 Å². The summed E-state index contributed by atoms with van der Waals surface area (Å²) in [5.41, 5.74) is 3.33. The molecule has 0 amide bonds. The summed E-state index contributed by atoms with van der Waals surface area (Å²) in [6.45, 7) is 5.46. The summed E-state index contributed by atoms with van der Waals surface area (Å²) in [7, 11) is 0. The molecular weight excluding hydrogens is 535 g/mol. The molecule has 0 bridgehead atoms. The van der Waals surface area contributed by atoms with Crippen molar-refractivity contribution in [3.05, 3.63) is 111 Å². The van der Waals surface area contributed by atoms with Gasteiger partial charge in [0.1, 0.15) is 0 Å². The predicted octanol–water partition coefficient (Wildman–Crippen LogP) is 7.88. The SMILES string of the molecule is C=C(C)[C@H]1C[C@H](c2cccc(Cl)c2)[C@H](c2ccccc2)O[C@@H]1c1cc(Br)cc(F)c1OCC(=O)O. The van der Waals surface area contributed by atoms with Crippen LogP contribution in [0.4, 0.5) is 4.39 Å². The summed E-state index contributed by atoms with van der Waals surface area (Å²) in [5.74, 6) is -2.19. The van der Waals surface area contributed by atoms with Gasteiger partial charge in [-0.05, 0) is 48.7 Å². The average molecular weight is 560 g/mol. The number of halogens is 3. The fourth-order valence-corrected chi connectivity index (χ4v) is 5.34. The first kappa shape index (κ1) is 25.4. The van der Waals surface area contributed by atoms with Crippen molar-refractivity contribution in [1.29, 1.82) is 0 Å². The van der Waals surface area contributed by atoms with Gasteiger partial charge in [-0.3, -0.25) is 0 Å². The van der Waals surface area contributed by atoms with E-state index in [0.29, 0.717) is 21.5 Å². The molecular formula is C28H25BrClFO4. The van der Waals surface area contributed by atoms with Crippen molar-refractivity contribution >= 4 is 33.5 Å². The number of ether oxygens (including phenoxy) is 2. The van der Waals surface area contributed by atoms with Crippen molar-refractivity contribution in [2.45, 2.75) is 31.5 Å². The van der Waals surface area contributed by atoms with E-state index >= 15 is 4.39 Å². The first-order valence-electron chi connectivity index (χ1n) is 11.2. The zero-order chi connectivity index (χ0) is 25.1. The smallest absolute Gasteiger partial charge is 0.341 e. The van der Waals surface area contributed by atoms with Crippen LogP contribution in [-0.4, -0.2) is 17.7 Å².